The second-order valence-corrected chi connectivity index (χ2v) is 3.16. The van der Waals surface area contributed by atoms with Gasteiger partial charge in [0.05, 0.1) is 5.69 Å². The van der Waals surface area contributed by atoms with E-state index in [2.05, 4.69) is 15.0 Å². The topological polar surface area (TPSA) is 83.2 Å². The fourth-order valence-corrected chi connectivity index (χ4v) is 1.48. The Morgan fingerprint density at radius 2 is 2.33 bits per heavy atom. The van der Waals surface area contributed by atoms with Crippen LogP contribution in [0.2, 0.25) is 0 Å². The second kappa shape index (κ2) is 3.86. The first-order valence-corrected chi connectivity index (χ1v) is 4.43. The van der Waals surface area contributed by atoms with Gasteiger partial charge in [-0.2, -0.15) is 0 Å². The van der Waals surface area contributed by atoms with Gasteiger partial charge in [-0.1, -0.05) is 12.1 Å². The third kappa shape index (κ3) is 1.82. The lowest BCUT2D eigenvalue weighted by Crippen LogP contribution is -1.81. The van der Waals surface area contributed by atoms with E-state index in [0.717, 1.165) is 22.8 Å². The van der Waals surface area contributed by atoms with Crippen molar-refractivity contribution in [1.29, 1.82) is 5.53 Å². The van der Waals surface area contributed by atoms with Crippen LogP contribution in [0.4, 0.5) is 0 Å². The van der Waals surface area contributed by atoms with E-state index < -0.39 is 0 Å². The molecule has 0 fully saturated rings. The van der Waals surface area contributed by atoms with E-state index in [1.54, 1.807) is 6.07 Å². The number of rotatable bonds is 3. The van der Waals surface area contributed by atoms with E-state index in [9.17, 15) is 4.79 Å². The maximum atomic E-state index is 10.5. The maximum Gasteiger partial charge on any atom is 0.214 e. The molecule has 74 valence electrons. The summed E-state index contributed by atoms with van der Waals surface area (Å²) in [6.45, 7) is 0.384. The van der Waals surface area contributed by atoms with Crippen LogP contribution in [0.15, 0.2) is 29.4 Å². The molecule has 5 nitrogen and oxygen atoms in total. The summed E-state index contributed by atoms with van der Waals surface area (Å²) in [6.07, 6.45) is 0.781. The molecule has 0 saturated carbocycles. The molecule has 5 heteroatoms. The van der Waals surface area contributed by atoms with Crippen LogP contribution in [0.5, 0.6) is 0 Å². The van der Waals surface area contributed by atoms with Crippen molar-refractivity contribution in [2.75, 3.05) is 0 Å². The molecule has 0 unspecified atom stereocenters. The molecule has 15 heavy (non-hydrogen) atoms. The fraction of sp³-hybridized carbons (Fsp3) is 0.100. The van der Waals surface area contributed by atoms with Gasteiger partial charge < -0.3 is 4.98 Å². The molecule has 0 aliphatic heterocycles. The Hall–Kier alpha value is -2.26. The highest BCUT2D eigenvalue weighted by Gasteiger charge is 2.01. The number of carbonyl (C=O) groups excluding carboxylic acids is 1. The van der Waals surface area contributed by atoms with Gasteiger partial charge in [0, 0.05) is 10.9 Å². The Labute approximate surface area is 85.3 Å². The number of hydrogen-bond acceptors (Lipinski definition) is 3. The molecule has 2 aromatic rings. The predicted octanol–water partition coefficient (Wildman–Crippen LogP) is 2.03. The average Bonchev–Trinajstić information content (AvgIpc) is 2.68. The number of benzene rings is 1. The van der Waals surface area contributed by atoms with Gasteiger partial charge in [0.1, 0.15) is 17.2 Å². The van der Waals surface area contributed by atoms with Crippen molar-refractivity contribution in [3.8, 4) is 0 Å². The minimum Gasteiger partial charge on any atom is -0.352 e. The van der Waals surface area contributed by atoms with Gasteiger partial charge in [-0.3, -0.25) is 4.79 Å². The van der Waals surface area contributed by atoms with Gasteiger partial charge in [-0.15, -0.1) is 0 Å². The third-order valence-electron chi connectivity index (χ3n) is 2.16. The van der Waals surface area contributed by atoms with Crippen LogP contribution in [0.3, 0.4) is 0 Å². The van der Waals surface area contributed by atoms with Crippen molar-refractivity contribution >= 4 is 17.2 Å². The number of fused-ring (bicyclic) bond motifs is 1. The first-order chi connectivity index (χ1) is 7.33. The Morgan fingerprint density at radius 3 is 3.07 bits per heavy atom. The van der Waals surface area contributed by atoms with Crippen molar-refractivity contribution in [1.82, 2.24) is 9.90 Å². The van der Waals surface area contributed by atoms with E-state index in [-0.39, 0.29) is 0 Å². The Morgan fingerprint density at radius 1 is 1.47 bits per heavy atom. The number of aromatic amines is 1. The van der Waals surface area contributed by atoms with Crippen LogP contribution in [0, 0.1) is 5.53 Å². The molecule has 2 N–H and O–H groups in total. The highest BCUT2D eigenvalue weighted by molar-refractivity contribution is 5.88. The predicted molar refractivity (Wildman–Crippen MR) is 54.7 cm³/mol. The number of aldehydes is 1. The minimum absolute atomic E-state index is 0.384. The van der Waals surface area contributed by atoms with Gasteiger partial charge in [0.15, 0.2) is 6.29 Å². The summed E-state index contributed by atoms with van der Waals surface area (Å²) in [5.41, 5.74) is 8.97. The molecule has 0 atom stereocenters. The summed E-state index contributed by atoms with van der Waals surface area (Å²) < 4.78 is 0. The zero-order valence-corrected chi connectivity index (χ0v) is 7.90. The summed E-state index contributed by atoms with van der Waals surface area (Å²) in [5, 5.41) is 4.57. The molecule has 0 radical (unpaired) electrons. The number of nitrogens with one attached hydrogen (secondary N) is 2. The van der Waals surface area contributed by atoms with Crippen LogP contribution in [0.25, 0.3) is 10.9 Å². The van der Waals surface area contributed by atoms with Gasteiger partial charge >= 0.3 is 0 Å². The zero-order valence-electron chi connectivity index (χ0n) is 7.90. The van der Waals surface area contributed by atoms with E-state index in [1.807, 2.05) is 18.2 Å². The van der Waals surface area contributed by atoms with Crippen molar-refractivity contribution in [3.05, 3.63) is 35.5 Å². The highest BCUT2D eigenvalue weighted by atomic mass is 16.1. The largest absolute Gasteiger partial charge is 0.352 e. The van der Waals surface area contributed by atoms with E-state index in [1.165, 1.54) is 0 Å². The number of nitrogens with zero attached hydrogens (tertiary/aromatic N) is 2. The van der Waals surface area contributed by atoms with Crippen molar-refractivity contribution in [2.45, 2.75) is 6.54 Å². The molecule has 1 aromatic heterocycles. The normalized spacial score (nSPS) is 9.87. The molecule has 0 amide bonds. The van der Waals surface area contributed by atoms with E-state index >= 15 is 0 Å². The monoisotopic (exact) mass is 201 g/mol. The third-order valence-corrected chi connectivity index (χ3v) is 2.16. The summed E-state index contributed by atoms with van der Waals surface area (Å²) in [4.78, 5) is 16.5. The van der Waals surface area contributed by atoms with Gasteiger partial charge in [-0.25, -0.2) is 0 Å². The van der Waals surface area contributed by atoms with Crippen molar-refractivity contribution in [2.24, 2.45) is 5.11 Å². The van der Waals surface area contributed by atoms with Gasteiger partial charge in [0.2, 0.25) is 4.91 Å². The van der Waals surface area contributed by atoms with Crippen molar-refractivity contribution < 1.29 is 4.79 Å². The first kappa shape index (κ1) is 9.30. The van der Waals surface area contributed by atoms with E-state index in [4.69, 9.17) is 5.53 Å². The second-order valence-electron chi connectivity index (χ2n) is 3.16. The number of H-pyrrole nitrogens is 1. The van der Waals surface area contributed by atoms with Gasteiger partial charge in [-0.05, 0) is 17.7 Å². The number of aromatic nitrogens is 1. The minimum atomic E-state index is 0.384. The van der Waals surface area contributed by atoms with E-state index in [0.29, 0.717) is 12.2 Å². The molecule has 0 aliphatic rings. The molecule has 1 aromatic carbocycles. The molecule has 0 saturated heterocycles. The van der Waals surface area contributed by atoms with Crippen LogP contribution in [-0.4, -0.2) is 11.3 Å². The first-order valence-electron chi connectivity index (χ1n) is 4.43. The Kier molecular flexibility index (Phi) is 2.39. The molecular weight excluding hydrogens is 192 g/mol. The summed E-state index contributed by atoms with van der Waals surface area (Å²) >= 11 is 0. The van der Waals surface area contributed by atoms with Crippen LogP contribution in [-0.2, 0) is 6.54 Å². The summed E-state index contributed by atoms with van der Waals surface area (Å²) in [5.74, 6) is 0. The Balaban J connectivity index is 2.45. The molecule has 0 spiro atoms. The SMILES string of the molecule is N=[N+]=NCc1ccc2cc(C=O)[nH]c2c1. The Bertz CT molecular complexity index is 552. The molecule has 0 bridgehead atoms. The molecular formula is C10H9N4O+. The summed E-state index contributed by atoms with van der Waals surface area (Å²) in [6, 6.07) is 7.50. The smallest absolute Gasteiger partial charge is 0.214 e. The van der Waals surface area contributed by atoms with Crippen LogP contribution >= 0.6 is 0 Å². The maximum absolute atomic E-state index is 10.5. The lowest BCUT2D eigenvalue weighted by atomic mass is 10.2. The number of hydrogen-bond donors (Lipinski definition) is 2. The summed E-state index contributed by atoms with van der Waals surface area (Å²) in [7, 11) is 0. The average molecular weight is 201 g/mol. The van der Waals surface area contributed by atoms with Gasteiger partial charge in [0.25, 0.3) is 0 Å². The molecule has 0 aliphatic carbocycles. The molecule has 1 heterocycles. The number of carbonyl (C=O) groups is 1. The standard InChI is InChI=1S/C10H8N4O/c11-14-12-5-7-1-2-8-4-9(6-15)13-10(8)3-7/h1-4,6,11H,5H2/p+1. The fourth-order valence-electron chi connectivity index (χ4n) is 1.48. The molecule has 2 rings (SSSR count). The lowest BCUT2D eigenvalue weighted by molar-refractivity contribution is 0.112. The lowest BCUT2D eigenvalue weighted by Gasteiger charge is -1.92. The zero-order chi connectivity index (χ0) is 10.7. The van der Waals surface area contributed by atoms with Crippen LogP contribution < -0.4 is 4.91 Å². The highest BCUT2D eigenvalue weighted by Crippen LogP contribution is 2.16. The quantitative estimate of drug-likeness (QED) is 0.444. The van der Waals surface area contributed by atoms with Crippen molar-refractivity contribution in [3.63, 3.8) is 0 Å². The van der Waals surface area contributed by atoms with Crippen LogP contribution in [0.1, 0.15) is 16.1 Å².